The molecule has 2 aromatic rings. The first-order valence-electron chi connectivity index (χ1n) is 8.49. The minimum atomic E-state index is -0.540. The Bertz CT molecular complexity index is 797. The summed E-state index contributed by atoms with van der Waals surface area (Å²) in [5.74, 6) is 1.72. The molecule has 1 aromatic heterocycles. The van der Waals surface area contributed by atoms with Gasteiger partial charge in [-0.05, 0) is 39.0 Å². The number of nitrogens with one attached hydrogen (secondary N) is 1. The minimum absolute atomic E-state index is 0.198. The fourth-order valence-electron chi connectivity index (χ4n) is 2.72. The van der Waals surface area contributed by atoms with Gasteiger partial charge in [-0.2, -0.15) is 0 Å². The average molecular weight is 360 g/mol. The van der Waals surface area contributed by atoms with Crippen LogP contribution in [0.5, 0.6) is 5.75 Å². The number of amides is 1. The molecule has 1 aliphatic rings. The fraction of sp³-hybridized carbons (Fsp3) is 0.500. The molecule has 1 aromatic carbocycles. The molecule has 8 nitrogen and oxygen atoms in total. The molecule has 1 aliphatic heterocycles. The van der Waals surface area contributed by atoms with Gasteiger partial charge >= 0.3 is 6.09 Å². The molecule has 140 valence electrons. The van der Waals surface area contributed by atoms with Crippen LogP contribution in [0.2, 0.25) is 0 Å². The van der Waals surface area contributed by atoms with Crippen molar-refractivity contribution in [3.63, 3.8) is 0 Å². The SMILES string of the molecule is Cc1nnc(-c2ccc3c(c2)N(C)C[C@@H](NC(=O)OC(C)(C)C)CO3)o1. The molecular weight excluding hydrogens is 336 g/mol. The highest BCUT2D eigenvalue weighted by Gasteiger charge is 2.25. The molecule has 0 saturated carbocycles. The average Bonchev–Trinajstić information content (AvgIpc) is 2.90. The Hall–Kier alpha value is -2.77. The van der Waals surface area contributed by atoms with Crippen molar-refractivity contribution in [2.24, 2.45) is 0 Å². The van der Waals surface area contributed by atoms with Gasteiger partial charge in [0.1, 0.15) is 18.0 Å². The molecule has 0 bridgehead atoms. The van der Waals surface area contributed by atoms with Gasteiger partial charge in [0, 0.05) is 26.1 Å². The lowest BCUT2D eigenvalue weighted by Gasteiger charge is -2.25. The van der Waals surface area contributed by atoms with E-state index in [0.717, 1.165) is 17.0 Å². The van der Waals surface area contributed by atoms with E-state index in [0.29, 0.717) is 24.9 Å². The smallest absolute Gasteiger partial charge is 0.408 e. The highest BCUT2D eigenvalue weighted by molar-refractivity contribution is 5.70. The van der Waals surface area contributed by atoms with Gasteiger partial charge in [0.2, 0.25) is 11.8 Å². The van der Waals surface area contributed by atoms with Crippen LogP contribution in [-0.2, 0) is 4.74 Å². The van der Waals surface area contributed by atoms with Gasteiger partial charge in [-0.25, -0.2) is 4.79 Å². The lowest BCUT2D eigenvalue weighted by molar-refractivity contribution is 0.0492. The Morgan fingerprint density at radius 1 is 1.35 bits per heavy atom. The predicted molar refractivity (Wildman–Crippen MR) is 96.4 cm³/mol. The zero-order valence-electron chi connectivity index (χ0n) is 15.7. The molecule has 8 heteroatoms. The van der Waals surface area contributed by atoms with Crippen LogP contribution >= 0.6 is 0 Å². The molecule has 0 aliphatic carbocycles. The summed E-state index contributed by atoms with van der Waals surface area (Å²) in [5.41, 5.74) is 1.17. The van der Waals surface area contributed by atoms with Crippen molar-refractivity contribution < 1.29 is 18.7 Å². The number of benzene rings is 1. The van der Waals surface area contributed by atoms with Crippen molar-refractivity contribution in [1.29, 1.82) is 0 Å². The molecular formula is C18H24N4O4. The largest absolute Gasteiger partial charge is 0.489 e. The normalized spacial score (nSPS) is 17.1. The number of aromatic nitrogens is 2. The Kier molecular flexibility index (Phi) is 4.76. The van der Waals surface area contributed by atoms with E-state index in [1.807, 2.05) is 50.9 Å². The molecule has 26 heavy (non-hydrogen) atoms. The van der Waals surface area contributed by atoms with E-state index in [2.05, 4.69) is 15.5 Å². The van der Waals surface area contributed by atoms with Gasteiger partial charge in [-0.15, -0.1) is 10.2 Å². The third kappa shape index (κ3) is 4.25. The lowest BCUT2D eigenvalue weighted by atomic mass is 10.1. The summed E-state index contributed by atoms with van der Waals surface area (Å²) in [5, 5.41) is 10.8. The number of ether oxygens (including phenoxy) is 2. The second-order valence-corrected chi connectivity index (χ2v) is 7.34. The number of carbonyl (C=O) groups is 1. The summed E-state index contributed by atoms with van der Waals surface area (Å²) in [4.78, 5) is 14.1. The van der Waals surface area contributed by atoms with Crippen molar-refractivity contribution in [2.45, 2.75) is 39.3 Å². The summed E-state index contributed by atoms with van der Waals surface area (Å²) in [6.07, 6.45) is -0.451. The van der Waals surface area contributed by atoms with Gasteiger partial charge in [-0.3, -0.25) is 0 Å². The van der Waals surface area contributed by atoms with Crippen molar-refractivity contribution in [3.05, 3.63) is 24.1 Å². The van der Waals surface area contributed by atoms with E-state index in [1.165, 1.54) is 0 Å². The van der Waals surface area contributed by atoms with Crippen LogP contribution in [0.1, 0.15) is 26.7 Å². The summed E-state index contributed by atoms with van der Waals surface area (Å²) in [7, 11) is 1.94. The number of hydrogen-bond acceptors (Lipinski definition) is 7. The number of rotatable bonds is 2. The molecule has 2 heterocycles. The number of likely N-dealkylation sites (N-methyl/N-ethyl adjacent to an activating group) is 1. The minimum Gasteiger partial charge on any atom is -0.489 e. The van der Waals surface area contributed by atoms with E-state index < -0.39 is 11.7 Å². The van der Waals surface area contributed by atoms with Crippen LogP contribution in [0, 0.1) is 6.92 Å². The van der Waals surface area contributed by atoms with E-state index >= 15 is 0 Å². The first-order chi connectivity index (χ1) is 12.2. The van der Waals surface area contributed by atoms with Gasteiger partial charge in [0.05, 0.1) is 11.7 Å². The van der Waals surface area contributed by atoms with Crippen LogP contribution in [0.15, 0.2) is 22.6 Å². The molecule has 3 rings (SSSR count). The number of hydrogen-bond donors (Lipinski definition) is 1. The van der Waals surface area contributed by atoms with E-state index in [9.17, 15) is 4.79 Å². The number of aryl methyl sites for hydroxylation is 1. The van der Waals surface area contributed by atoms with E-state index in [1.54, 1.807) is 6.92 Å². The topological polar surface area (TPSA) is 89.7 Å². The summed E-state index contributed by atoms with van der Waals surface area (Å²) < 4.78 is 16.7. The first-order valence-corrected chi connectivity index (χ1v) is 8.49. The Labute approximate surface area is 152 Å². The molecule has 0 saturated heterocycles. The first kappa shape index (κ1) is 18.0. The summed E-state index contributed by atoms with van der Waals surface area (Å²) in [6.45, 7) is 8.19. The number of alkyl carbamates (subject to hydrolysis) is 1. The van der Waals surface area contributed by atoms with Crippen molar-refractivity contribution in [1.82, 2.24) is 15.5 Å². The van der Waals surface area contributed by atoms with Crippen LogP contribution in [0.25, 0.3) is 11.5 Å². The lowest BCUT2D eigenvalue weighted by Crippen LogP contribution is -2.46. The highest BCUT2D eigenvalue weighted by Crippen LogP contribution is 2.34. The van der Waals surface area contributed by atoms with Crippen molar-refractivity contribution in [2.75, 3.05) is 25.1 Å². The van der Waals surface area contributed by atoms with Crippen molar-refractivity contribution >= 4 is 11.8 Å². The summed E-state index contributed by atoms with van der Waals surface area (Å²) in [6, 6.07) is 5.49. The molecule has 0 spiro atoms. The molecule has 1 N–H and O–H groups in total. The van der Waals surface area contributed by atoms with Crippen LogP contribution < -0.4 is 15.0 Å². The van der Waals surface area contributed by atoms with Crippen LogP contribution in [0.3, 0.4) is 0 Å². The van der Waals surface area contributed by atoms with E-state index in [4.69, 9.17) is 13.9 Å². The second-order valence-electron chi connectivity index (χ2n) is 7.34. The number of nitrogens with zero attached hydrogens (tertiary/aromatic N) is 3. The molecule has 1 atom stereocenters. The molecule has 0 radical (unpaired) electrons. The molecule has 0 unspecified atom stereocenters. The Morgan fingerprint density at radius 2 is 2.12 bits per heavy atom. The molecule has 0 fully saturated rings. The van der Waals surface area contributed by atoms with E-state index in [-0.39, 0.29) is 6.04 Å². The second kappa shape index (κ2) is 6.86. The molecule has 1 amide bonds. The number of anilines is 1. The van der Waals surface area contributed by atoms with Crippen LogP contribution in [-0.4, -0.2) is 48.1 Å². The number of fused-ring (bicyclic) bond motifs is 1. The Balaban J connectivity index is 1.74. The quantitative estimate of drug-likeness (QED) is 0.880. The third-order valence-corrected chi connectivity index (χ3v) is 3.80. The van der Waals surface area contributed by atoms with Gasteiger partial charge in [0.25, 0.3) is 0 Å². The Morgan fingerprint density at radius 3 is 2.77 bits per heavy atom. The zero-order valence-corrected chi connectivity index (χ0v) is 15.7. The maximum atomic E-state index is 12.0. The predicted octanol–water partition coefficient (Wildman–Crippen LogP) is 2.77. The summed E-state index contributed by atoms with van der Waals surface area (Å²) >= 11 is 0. The van der Waals surface area contributed by atoms with Crippen LogP contribution in [0.4, 0.5) is 10.5 Å². The monoisotopic (exact) mass is 360 g/mol. The van der Waals surface area contributed by atoms with Crippen molar-refractivity contribution in [3.8, 4) is 17.2 Å². The van der Waals surface area contributed by atoms with Gasteiger partial charge in [0.15, 0.2) is 0 Å². The van der Waals surface area contributed by atoms with Gasteiger partial charge < -0.3 is 24.1 Å². The highest BCUT2D eigenvalue weighted by atomic mass is 16.6. The standard InChI is InChI=1S/C18H24N4O4/c1-11-20-21-16(25-11)12-6-7-15-14(8-12)22(5)9-13(10-24-15)19-17(23)26-18(2,3)4/h6-8,13H,9-10H2,1-5H3,(H,19,23)/t13-/m1/s1. The maximum Gasteiger partial charge on any atom is 0.408 e. The third-order valence-electron chi connectivity index (χ3n) is 3.80. The number of carbonyl (C=O) groups excluding carboxylic acids is 1. The maximum absolute atomic E-state index is 12.0. The zero-order chi connectivity index (χ0) is 18.9. The fourth-order valence-corrected chi connectivity index (χ4v) is 2.72. The van der Waals surface area contributed by atoms with Gasteiger partial charge in [-0.1, -0.05) is 0 Å².